The molecule has 9 nitrogen and oxygen atoms in total. The van der Waals surface area contributed by atoms with E-state index in [1.165, 1.54) is 4.57 Å². The van der Waals surface area contributed by atoms with Crippen molar-refractivity contribution in [3.8, 4) is 5.82 Å². The van der Waals surface area contributed by atoms with Gasteiger partial charge in [-0.05, 0) is 51.3 Å². The summed E-state index contributed by atoms with van der Waals surface area (Å²) in [6.07, 6.45) is 2.29. The third-order valence-corrected chi connectivity index (χ3v) is 4.81. The molecule has 3 N–H and O–H groups in total. The number of carbonyl (C=O) groups excluding carboxylic acids is 1. The summed E-state index contributed by atoms with van der Waals surface area (Å²) in [5.41, 5.74) is 9.81. The van der Waals surface area contributed by atoms with E-state index in [4.69, 9.17) is 5.73 Å². The van der Waals surface area contributed by atoms with Crippen LogP contribution in [0.1, 0.15) is 28.3 Å². The molecular formula is C22H27Cl2N7O2. The highest BCUT2D eigenvalue weighted by Crippen LogP contribution is 2.20. The molecule has 0 unspecified atom stereocenters. The van der Waals surface area contributed by atoms with E-state index in [2.05, 4.69) is 32.0 Å². The van der Waals surface area contributed by atoms with Crippen molar-refractivity contribution in [2.75, 3.05) is 17.6 Å². The number of nitrogens with two attached hydrogens (primary N) is 1. The van der Waals surface area contributed by atoms with Crippen LogP contribution in [0.25, 0.3) is 5.82 Å². The number of aryl methyl sites for hydroxylation is 3. The number of hydrogen-bond acceptors (Lipinski definition) is 7. The Morgan fingerprint density at radius 2 is 1.94 bits per heavy atom. The number of carbonyl (C=O) groups is 1. The van der Waals surface area contributed by atoms with Crippen LogP contribution >= 0.6 is 24.8 Å². The summed E-state index contributed by atoms with van der Waals surface area (Å²) in [5.74, 6) is 0.129. The van der Waals surface area contributed by atoms with E-state index in [9.17, 15) is 9.59 Å². The molecule has 0 atom stereocenters. The number of nitrogens with zero attached hydrogens (tertiary/aromatic N) is 5. The summed E-state index contributed by atoms with van der Waals surface area (Å²) in [7, 11) is 0. The van der Waals surface area contributed by atoms with E-state index in [-0.39, 0.29) is 54.2 Å². The number of halogens is 2. The molecule has 11 heteroatoms. The van der Waals surface area contributed by atoms with Gasteiger partial charge in [-0.1, -0.05) is 6.07 Å². The first-order chi connectivity index (χ1) is 14.8. The van der Waals surface area contributed by atoms with E-state index < -0.39 is 0 Å². The maximum absolute atomic E-state index is 13.1. The van der Waals surface area contributed by atoms with Crippen molar-refractivity contribution in [3.63, 3.8) is 0 Å². The number of anilines is 2. The van der Waals surface area contributed by atoms with Crippen molar-refractivity contribution in [2.24, 2.45) is 4.99 Å². The van der Waals surface area contributed by atoms with Crippen LogP contribution in [0.15, 0.2) is 40.2 Å². The van der Waals surface area contributed by atoms with Gasteiger partial charge in [-0.25, -0.2) is 15.0 Å². The van der Waals surface area contributed by atoms with E-state index >= 15 is 0 Å². The lowest BCUT2D eigenvalue weighted by Gasteiger charge is -2.15. The summed E-state index contributed by atoms with van der Waals surface area (Å²) < 4.78 is 1.42. The second-order valence-corrected chi connectivity index (χ2v) is 7.21. The first kappa shape index (κ1) is 27.7. The topological polar surface area (TPSA) is 128 Å². The zero-order valence-corrected chi connectivity index (χ0v) is 20.3. The number of nitrogen functional groups attached to an aromatic ring is 1. The monoisotopic (exact) mass is 491 g/mol. The first-order valence-corrected chi connectivity index (χ1v) is 9.81. The lowest BCUT2D eigenvalue weighted by Crippen LogP contribution is -2.27. The van der Waals surface area contributed by atoms with Crippen LogP contribution in [0.4, 0.5) is 11.5 Å². The van der Waals surface area contributed by atoms with Crippen LogP contribution in [0.5, 0.6) is 0 Å². The summed E-state index contributed by atoms with van der Waals surface area (Å²) >= 11 is 0. The second-order valence-electron chi connectivity index (χ2n) is 7.21. The number of nitrogens with one attached hydrogen (secondary N) is 1. The Balaban J connectivity index is 0.00000272. The number of hydrogen-bond donors (Lipinski definition) is 2. The van der Waals surface area contributed by atoms with Crippen LogP contribution in [0.2, 0.25) is 0 Å². The lowest BCUT2D eigenvalue weighted by molar-refractivity contribution is -0.117. The SMILES string of the molecule is C=NC(=O)Cc1cc(N)c(-n2c(C)cnc(NCCc3cccc(C)n3)c2=O)nc1C.Cl.Cl. The fourth-order valence-electron chi connectivity index (χ4n) is 3.20. The van der Waals surface area contributed by atoms with Gasteiger partial charge in [-0.2, -0.15) is 0 Å². The highest BCUT2D eigenvalue weighted by atomic mass is 35.5. The minimum atomic E-state index is -0.371. The zero-order valence-electron chi connectivity index (χ0n) is 18.7. The van der Waals surface area contributed by atoms with Crippen molar-refractivity contribution in [1.82, 2.24) is 19.5 Å². The van der Waals surface area contributed by atoms with Crippen LogP contribution in [0.3, 0.4) is 0 Å². The standard InChI is InChI=1S/C22H25N7O2.2ClH/c1-13-6-5-7-17(27-13)8-9-25-20-22(31)29(14(2)12-26-20)21-18(23)10-16(15(3)28-21)11-19(30)24-4;;/h5-7,10,12H,4,8-9,11,23H2,1-3H3,(H,25,26);2*1H. The molecule has 1 amide bonds. The molecule has 33 heavy (non-hydrogen) atoms. The van der Waals surface area contributed by atoms with Crippen molar-refractivity contribution >= 4 is 48.9 Å². The molecule has 0 aliphatic heterocycles. The Bertz CT molecular complexity index is 1210. The summed E-state index contributed by atoms with van der Waals surface area (Å²) in [6.45, 7) is 9.18. The summed E-state index contributed by atoms with van der Waals surface area (Å²) in [5, 5.41) is 3.08. The summed E-state index contributed by atoms with van der Waals surface area (Å²) in [4.78, 5) is 41.3. The Hall–Kier alpha value is -3.30. The zero-order chi connectivity index (χ0) is 22.5. The predicted molar refractivity (Wildman–Crippen MR) is 135 cm³/mol. The van der Waals surface area contributed by atoms with Gasteiger partial charge in [0.2, 0.25) is 5.91 Å². The fourth-order valence-corrected chi connectivity index (χ4v) is 3.20. The van der Waals surface area contributed by atoms with E-state index in [1.807, 2.05) is 25.1 Å². The summed E-state index contributed by atoms with van der Waals surface area (Å²) in [6, 6.07) is 7.47. The molecule has 0 fully saturated rings. The molecule has 0 saturated heterocycles. The second kappa shape index (κ2) is 12.1. The molecule has 176 valence electrons. The van der Waals surface area contributed by atoms with Crippen LogP contribution in [0, 0.1) is 20.8 Å². The molecule has 0 spiro atoms. The van der Waals surface area contributed by atoms with Crippen LogP contribution in [-0.2, 0) is 17.6 Å². The molecule has 0 aliphatic rings. The highest BCUT2D eigenvalue weighted by Gasteiger charge is 2.16. The van der Waals surface area contributed by atoms with Crippen molar-refractivity contribution in [3.05, 3.63) is 69.2 Å². The molecule has 0 aromatic carbocycles. The van der Waals surface area contributed by atoms with Gasteiger partial charge in [-0.15, -0.1) is 24.8 Å². The predicted octanol–water partition coefficient (Wildman–Crippen LogP) is 2.80. The largest absolute Gasteiger partial charge is 0.396 e. The van der Waals surface area contributed by atoms with E-state index in [0.29, 0.717) is 35.7 Å². The van der Waals surface area contributed by atoms with Crippen LogP contribution < -0.4 is 16.6 Å². The molecule has 0 saturated carbocycles. The Morgan fingerprint density at radius 3 is 2.61 bits per heavy atom. The number of aromatic nitrogens is 4. The Kier molecular flexibility index (Phi) is 10.2. The highest BCUT2D eigenvalue weighted by molar-refractivity contribution is 5.85. The molecule has 3 rings (SSSR count). The molecule has 0 radical (unpaired) electrons. The van der Waals surface area contributed by atoms with Crippen molar-refractivity contribution in [2.45, 2.75) is 33.6 Å². The molecule has 0 bridgehead atoms. The molecule has 0 aliphatic carbocycles. The molecule has 3 aromatic rings. The average molecular weight is 492 g/mol. The third-order valence-electron chi connectivity index (χ3n) is 4.81. The van der Waals surface area contributed by atoms with Crippen molar-refractivity contribution < 1.29 is 4.79 Å². The van der Waals surface area contributed by atoms with Gasteiger partial charge in [0.05, 0.1) is 12.1 Å². The number of aliphatic imine (C=N–C) groups is 1. The van der Waals surface area contributed by atoms with Gasteiger partial charge in [0.1, 0.15) is 0 Å². The van der Waals surface area contributed by atoms with Gasteiger partial charge < -0.3 is 11.1 Å². The van der Waals surface area contributed by atoms with Gasteiger partial charge in [0, 0.05) is 41.9 Å². The van der Waals surface area contributed by atoms with Gasteiger partial charge in [-0.3, -0.25) is 19.1 Å². The first-order valence-electron chi connectivity index (χ1n) is 9.81. The maximum atomic E-state index is 13.1. The van der Waals surface area contributed by atoms with E-state index in [0.717, 1.165) is 11.4 Å². The Morgan fingerprint density at radius 1 is 1.21 bits per heavy atom. The normalized spacial score (nSPS) is 10.0. The quantitative estimate of drug-likeness (QED) is 0.486. The maximum Gasteiger partial charge on any atom is 0.299 e. The average Bonchev–Trinajstić information content (AvgIpc) is 2.73. The number of pyridine rings is 2. The fraction of sp³-hybridized carbons (Fsp3) is 0.273. The molecule has 3 heterocycles. The smallest absolute Gasteiger partial charge is 0.299 e. The van der Waals surface area contributed by atoms with Gasteiger partial charge in [0.25, 0.3) is 5.56 Å². The van der Waals surface area contributed by atoms with Crippen LogP contribution in [-0.4, -0.2) is 38.7 Å². The minimum Gasteiger partial charge on any atom is -0.396 e. The van der Waals surface area contributed by atoms with Gasteiger partial charge >= 0.3 is 0 Å². The third kappa shape index (κ3) is 6.59. The minimum absolute atomic E-state index is 0. The lowest BCUT2D eigenvalue weighted by atomic mass is 10.1. The van der Waals surface area contributed by atoms with Crippen molar-refractivity contribution in [1.29, 1.82) is 0 Å². The van der Waals surface area contributed by atoms with E-state index in [1.54, 1.807) is 26.1 Å². The number of amides is 1. The number of rotatable bonds is 7. The molecule has 3 aromatic heterocycles. The Labute approximate surface area is 204 Å². The van der Waals surface area contributed by atoms with Gasteiger partial charge in [0.15, 0.2) is 11.6 Å². The molecular weight excluding hydrogens is 465 g/mol.